The number of nitrogens with zero attached hydrogens (tertiary/aromatic N) is 1. The summed E-state index contributed by atoms with van der Waals surface area (Å²) in [5.41, 5.74) is 2.22. The molecule has 142 valence electrons. The Kier molecular flexibility index (Phi) is 5.97. The number of carbonyl (C=O) groups excluding carboxylic acids is 1. The number of carbonyl (C=O) groups is 1. The molecule has 8 heteroatoms. The molecule has 3 rings (SSSR count). The van der Waals surface area contributed by atoms with E-state index in [2.05, 4.69) is 15.3 Å². The van der Waals surface area contributed by atoms with E-state index in [-0.39, 0.29) is 18.1 Å². The van der Waals surface area contributed by atoms with Gasteiger partial charge in [-0.2, -0.15) is 0 Å². The van der Waals surface area contributed by atoms with Crippen LogP contribution in [0.2, 0.25) is 0 Å². The molecule has 0 spiro atoms. The van der Waals surface area contributed by atoms with E-state index in [0.29, 0.717) is 6.42 Å². The van der Waals surface area contributed by atoms with Crippen LogP contribution in [-0.4, -0.2) is 46.7 Å². The van der Waals surface area contributed by atoms with Crippen molar-refractivity contribution in [2.24, 2.45) is 0 Å². The highest BCUT2D eigenvalue weighted by Crippen LogP contribution is 2.19. The molecule has 0 saturated heterocycles. The summed E-state index contributed by atoms with van der Waals surface area (Å²) in [4.78, 5) is 19.3. The smallest absolute Gasteiger partial charge is 0.272 e. The van der Waals surface area contributed by atoms with E-state index in [0.717, 1.165) is 16.5 Å². The molecule has 3 N–H and O–H groups in total. The number of pyridine rings is 1. The maximum absolute atomic E-state index is 12.4. The zero-order valence-electron chi connectivity index (χ0n) is 14.4. The molecule has 0 bridgehead atoms. The number of hydrogen-bond donors (Lipinski definition) is 3. The Morgan fingerprint density at radius 3 is 2.78 bits per heavy atom. The molecular formula is C19H19F2N3O3. The van der Waals surface area contributed by atoms with Gasteiger partial charge in [-0.25, -0.2) is 13.8 Å². The predicted octanol–water partition coefficient (Wildman–Crippen LogP) is 2.54. The fraction of sp³-hybridized carbons (Fsp3) is 0.263. The van der Waals surface area contributed by atoms with Crippen molar-refractivity contribution in [1.82, 2.24) is 15.3 Å². The van der Waals surface area contributed by atoms with E-state index in [4.69, 9.17) is 4.74 Å². The predicted molar refractivity (Wildman–Crippen MR) is 96.1 cm³/mol. The van der Waals surface area contributed by atoms with E-state index in [9.17, 15) is 18.7 Å². The monoisotopic (exact) mass is 375 g/mol. The number of rotatable bonds is 8. The quantitative estimate of drug-likeness (QED) is 0.565. The second-order valence-corrected chi connectivity index (χ2v) is 6.00. The summed E-state index contributed by atoms with van der Waals surface area (Å²) < 4.78 is 29.0. The highest BCUT2D eigenvalue weighted by molar-refractivity contribution is 5.94. The molecule has 1 unspecified atom stereocenters. The number of aromatic amines is 1. The number of nitrogens with one attached hydrogen (secondary N) is 2. The number of para-hydroxylation sites is 1. The molecule has 1 atom stereocenters. The summed E-state index contributed by atoms with van der Waals surface area (Å²) in [7, 11) is 0. The SMILES string of the molecule is O=C(NC(CO)Cc1c[nH]c2ccccc12)c1ccc(OCC(F)F)nc1. The molecule has 3 aromatic rings. The van der Waals surface area contributed by atoms with Gasteiger partial charge in [0.25, 0.3) is 12.3 Å². The third-order valence-electron chi connectivity index (χ3n) is 4.05. The van der Waals surface area contributed by atoms with Gasteiger partial charge in [0.2, 0.25) is 5.88 Å². The highest BCUT2D eigenvalue weighted by Gasteiger charge is 2.16. The van der Waals surface area contributed by atoms with Gasteiger partial charge in [-0.15, -0.1) is 0 Å². The molecule has 2 heterocycles. The summed E-state index contributed by atoms with van der Waals surface area (Å²) in [6.07, 6.45) is 0.964. The summed E-state index contributed by atoms with van der Waals surface area (Å²) in [5, 5.41) is 13.4. The number of amides is 1. The zero-order chi connectivity index (χ0) is 19.2. The number of benzene rings is 1. The molecule has 1 amide bonds. The van der Waals surface area contributed by atoms with Crippen molar-refractivity contribution < 1.29 is 23.4 Å². The summed E-state index contributed by atoms with van der Waals surface area (Å²) in [5.74, 6) is -0.397. The van der Waals surface area contributed by atoms with Crippen LogP contribution in [0.15, 0.2) is 48.8 Å². The first-order valence-corrected chi connectivity index (χ1v) is 8.40. The number of aliphatic hydroxyl groups excluding tert-OH is 1. The van der Waals surface area contributed by atoms with Crippen LogP contribution in [0.25, 0.3) is 10.9 Å². The van der Waals surface area contributed by atoms with Crippen molar-refractivity contribution in [2.45, 2.75) is 18.9 Å². The fourth-order valence-corrected chi connectivity index (χ4v) is 2.74. The van der Waals surface area contributed by atoms with Gasteiger partial charge in [-0.3, -0.25) is 4.79 Å². The number of alkyl halides is 2. The largest absolute Gasteiger partial charge is 0.472 e. The van der Waals surface area contributed by atoms with E-state index in [1.807, 2.05) is 30.5 Å². The molecule has 0 aliphatic heterocycles. The van der Waals surface area contributed by atoms with Crippen molar-refractivity contribution >= 4 is 16.8 Å². The van der Waals surface area contributed by atoms with Crippen LogP contribution in [0.3, 0.4) is 0 Å². The Hall–Kier alpha value is -3.00. The van der Waals surface area contributed by atoms with Gasteiger partial charge in [0.1, 0.15) is 0 Å². The lowest BCUT2D eigenvalue weighted by molar-refractivity contribution is 0.0794. The van der Waals surface area contributed by atoms with Crippen LogP contribution < -0.4 is 10.1 Å². The van der Waals surface area contributed by atoms with Crippen LogP contribution in [-0.2, 0) is 6.42 Å². The summed E-state index contributed by atoms with van der Waals surface area (Å²) >= 11 is 0. The fourth-order valence-electron chi connectivity index (χ4n) is 2.74. The second-order valence-electron chi connectivity index (χ2n) is 6.00. The topological polar surface area (TPSA) is 87.2 Å². The minimum absolute atomic E-state index is 0.0179. The Morgan fingerprint density at radius 2 is 2.07 bits per heavy atom. The molecule has 0 radical (unpaired) electrons. The van der Waals surface area contributed by atoms with Crippen molar-refractivity contribution in [3.63, 3.8) is 0 Å². The average Bonchev–Trinajstić information content (AvgIpc) is 3.09. The van der Waals surface area contributed by atoms with Crippen LogP contribution >= 0.6 is 0 Å². The summed E-state index contributed by atoms with van der Waals surface area (Å²) in [6, 6.07) is 10.1. The van der Waals surface area contributed by atoms with Crippen molar-refractivity contribution in [3.05, 3.63) is 59.9 Å². The Bertz CT molecular complexity index is 897. The first kappa shape index (κ1) is 18.8. The molecule has 0 aliphatic rings. The molecule has 27 heavy (non-hydrogen) atoms. The number of aromatic nitrogens is 2. The molecule has 0 fully saturated rings. The Labute approximate surface area is 154 Å². The van der Waals surface area contributed by atoms with Crippen LogP contribution in [0.5, 0.6) is 5.88 Å². The minimum atomic E-state index is -2.59. The zero-order valence-corrected chi connectivity index (χ0v) is 14.4. The van der Waals surface area contributed by atoms with Gasteiger partial charge in [-0.1, -0.05) is 18.2 Å². The lowest BCUT2D eigenvalue weighted by Gasteiger charge is -2.16. The first-order valence-electron chi connectivity index (χ1n) is 8.40. The molecular weight excluding hydrogens is 356 g/mol. The van der Waals surface area contributed by atoms with Gasteiger partial charge in [0, 0.05) is 29.4 Å². The maximum atomic E-state index is 12.4. The highest BCUT2D eigenvalue weighted by atomic mass is 19.3. The van der Waals surface area contributed by atoms with Gasteiger partial charge in [0.05, 0.1) is 18.2 Å². The average molecular weight is 375 g/mol. The van der Waals surface area contributed by atoms with Crippen LogP contribution in [0, 0.1) is 0 Å². The number of fused-ring (bicyclic) bond motifs is 1. The van der Waals surface area contributed by atoms with E-state index in [1.165, 1.54) is 18.3 Å². The molecule has 1 aromatic carbocycles. The molecule has 0 saturated carbocycles. The first-order chi connectivity index (χ1) is 13.1. The maximum Gasteiger partial charge on any atom is 0.272 e. The van der Waals surface area contributed by atoms with Crippen LogP contribution in [0.1, 0.15) is 15.9 Å². The van der Waals surface area contributed by atoms with E-state index in [1.54, 1.807) is 0 Å². The number of aliphatic hydroxyl groups is 1. The molecule has 0 aliphatic carbocycles. The summed E-state index contributed by atoms with van der Waals surface area (Å²) in [6.45, 7) is -0.982. The Morgan fingerprint density at radius 1 is 1.26 bits per heavy atom. The van der Waals surface area contributed by atoms with Crippen molar-refractivity contribution in [1.29, 1.82) is 0 Å². The number of H-pyrrole nitrogens is 1. The van der Waals surface area contributed by atoms with Crippen LogP contribution in [0.4, 0.5) is 8.78 Å². The van der Waals surface area contributed by atoms with E-state index < -0.39 is 25.0 Å². The Balaban J connectivity index is 1.63. The number of ether oxygens (including phenoxy) is 1. The molecule has 6 nitrogen and oxygen atoms in total. The van der Waals surface area contributed by atoms with Crippen molar-refractivity contribution in [3.8, 4) is 5.88 Å². The number of hydrogen-bond acceptors (Lipinski definition) is 4. The third-order valence-corrected chi connectivity index (χ3v) is 4.05. The van der Waals surface area contributed by atoms with Gasteiger partial charge >= 0.3 is 0 Å². The van der Waals surface area contributed by atoms with Gasteiger partial charge in [-0.05, 0) is 24.1 Å². The van der Waals surface area contributed by atoms with E-state index >= 15 is 0 Å². The normalized spacial score (nSPS) is 12.3. The minimum Gasteiger partial charge on any atom is -0.472 e. The van der Waals surface area contributed by atoms with Gasteiger partial charge in [0.15, 0.2) is 6.61 Å². The number of halogens is 2. The van der Waals surface area contributed by atoms with Crippen molar-refractivity contribution in [2.75, 3.05) is 13.2 Å². The lowest BCUT2D eigenvalue weighted by Crippen LogP contribution is -2.39. The third kappa shape index (κ3) is 4.79. The lowest BCUT2D eigenvalue weighted by atomic mass is 10.1. The van der Waals surface area contributed by atoms with Gasteiger partial charge < -0.3 is 20.1 Å². The standard InChI is InChI=1S/C19H19F2N3O3/c20-17(21)11-27-18-6-5-12(8-23-18)19(26)24-14(10-25)7-13-9-22-16-4-2-1-3-15(13)16/h1-6,8-9,14,17,22,25H,7,10-11H2,(H,24,26). The second kappa shape index (κ2) is 8.59. The molecule has 2 aromatic heterocycles.